The SMILES string of the molecule is O=C(O)C(=O)O.OCCN(CCOCCc1ccc2sccc2c1)Cc1ccccc1. The van der Waals surface area contributed by atoms with Gasteiger partial charge in [0, 0.05) is 24.3 Å². The van der Waals surface area contributed by atoms with Gasteiger partial charge in [0.25, 0.3) is 0 Å². The van der Waals surface area contributed by atoms with E-state index in [1.54, 1.807) is 11.3 Å². The number of aliphatic carboxylic acids is 2. The minimum atomic E-state index is -1.82. The van der Waals surface area contributed by atoms with Gasteiger partial charge in [-0.25, -0.2) is 9.59 Å². The fourth-order valence-electron chi connectivity index (χ4n) is 2.91. The number of ether oxygens (including phenoxy) is 1. The molecule has 0 atom stereocenters. The van der Waals surface area contributed by atoms with Gasteiger partial charge in [-0.2, -0.15) is 0 Å². The van der Waals surface area contributed by atoms with Crippen molar-refractivity contribution in [2.24, 2.45) is 0 Å². The number of nitrogens with zero attached hydrogens (tertiary/aromatic N) is 1. The Morgan fingerprint density at radius 2 is 1.65 bits per heavy atom. The van der Waals surface area contributed by atoms with E-state index in [4.69, 9.17) is 24.5 Å². The lowest BCUT2D eigenvalue weighted by Gasteiger charge is -2.21. The molecule has 1 heterocycles. The van der Waals surface area contributed by atoms with Crippen LogP contribution in [0.15, 0.2) is 60.0 Å². The van der Waals surface area contributed by atoms with Gasteiger partial charge in [0.05, 0.1) is 19.8 Å². The van der Waals surface area contributed by atoms with Crippen LogP contribution in [0.25, 0.3) is 10.1 Å². The Kier molecular flexibility index (Phi) is 10.7. The van der Waals surface area contributed by atoms with E-state index in [1.165, 1.54) is 21.2 Å². The first-order chi connectivity index (χ1) is 15.0. The smallest absolute Gasteiger partial charge is 0.414 e. The molecule has 0 fully saturated rings. The van der Waals surface area contributed by atoms with Crippen molar-refractivity contribution in [3.8, 4) is 0 Å². The number of aliphatic hydroxyl groups is 1. The summed E-state index contributed by atoms with van der Waals surface area (Å²) in [4.78, 5) is 20.4. The van der Waals surface area contributed by atoms with E-state index in [1.807, 2.05) is 18.2 Å². The van der Waals surface area contributed by atoms with E-state index in [0.717, 1.165) is 26.1 Å². The molecule has 0 saturated heterocycles. The summed E-state index contributed by atoms with van der Waals surface area (Å²) in [6, 6.07) is 19.2. The number of thiophene rings is 1. The van der Waals surface area contributed by atoms with Gasteiger partial charge in [-0.15, -0.1) is 11.3 Å². The van der Waals surface area contributed by atoms with Crippen molar-refractivity contribution < 1.29 is 29.6 Å². The molecule has 0 unspecified atom stereocenters. The molecule has 0 radical (unpaired) electrons. The largest absolute Gasteiger partial charge is 0.473 e. The van der Waals surface area contributed by atoms with Crippen molar-refractivity contribution in [2.45, 2.75) is 13.0 Å². The molecule has 3 rings (SSSR count). The highest BCUT2D eigenvalue weighted by atomic mass is 32.1. The molecule has 0 aliphatic heterocycles. The van der Waals surface area contributed by atoms with Crippen LogP contribution in [0.4, 0.5) is 0 Å². The zero-order valence-electron chi connectivity index (χ0n) is 17.1. The third kappa shape index (κ3) is 9.27. The molecule has 0 saturated carbocycles. The number of carboxylic acid groups (broad SMARTS) is 2. The Labute approximate surface area is 185 Å². The summed E-state index contributed by atoms with van der Waals surface area (Å²) in [7, 11) is 0. The van der Waals surface area contributed by atoms with Gasteiger partial charge in [-0.1, -0.05) is 42.5 Å². The number of rotatable bonds is 10. The maximum atomic E-state index is 9.25. The molecular weight excluding hydrogens is 418 g/mol. The number of aliphatic hydroxyl groups excluding tert-OH is 1. The van der Waals surface area contributed by atoms with Gasteiger partial charge >= 0.3 is 11.9 Å². The van der Waals surface area contributed by atoms with Crippen LogP contribution < -0.4 is 0 Å². The molecule has 3 N–H and O–H groups in total. The van der Waals surface area contributed by atoms with E-state index in [2.05, 4.69) is 46.7 Å². The number of hydrogen-bond acceptors (Lipinski definition) is 6. The summed E-state index contributed by atoms with van der Waals surface area (Å²) in [6.07, 6.45) is 0.935. The van der Waals surface area contributed by atoms with E-state index in [9.17, 15) is 5.11 Å². The van der Waals surface area contributed by atoms with Gasteiger partial charge in [-0.3, -0.25) is 4.90 Å². The molecule has 0 aliphatic rings. The van der Waals surface area contributed by atoms with E-state index in [-0.39, 0.29) is 6.61 Å². The predicted molar refractivity (Wildman–Crippen MR) is 120 cm³/mol. The first kappa shape index (κ1) is 24.5. The molecular formula is C23H27NO6S. The molecule has 0 amide bonds. The molecule has 1 aromatic heterocycles. The normalized spacial score (nSPS) is 10.6. The summed E-state index contributed by atoms with van der Waals surface area (Å²) in [5.41, 5.74) is 2.59. The lowest BCUT2D eigenvalue weighted by Crippen LogP contribution is -2.30. The number of benzene rings is 2. The summed E-state index contributed by atoms with van der Waals surface area (Å²) in [6.45, 7) is 3.95. The molecule has 8 heteroatoms. The van der Waals surface area contributed by atoms with Crippen LogP contribution in [0.3, 0.4) is 0 Å². The zero-order valence-corrected chi connectivity index (χ0v) is 18.0. The molecule has 31 heavy (non-hydrogen) atoms. The average Bonchev–Trinajstić information content (AvgIpc) is 3.22. The second-order valence-electron chi connectivity index (χ2n) is 6.75. The standard InChI is InChI=1S/C21H25NO2S.C2H2O4/c23-12-10-22(17-19-4-2-1-3-5-19)11-14-24-13-8-18-6-7-21-20(16-18)9-15-25-21;3-1(4)2(5)6/h1-7,9,15-16,23H,8,10-14,17H2;(H,3,4)(H,5,6). The minimum absolute atomic E-state index is 0.174. The lowest BCUT2D eigenvalue weighted by atomic mass is 10.1. The predicted octanol–water partition coefficient (Wildman–Crippen LogP) is 3.11. The second-order valence-corrected chi connectivity index (χ2v) is 7.70. The molecule has 2 aromatic carbocycles. The van der Waals surface area contributed by atoms with Crippen LogP contribution in [-0.4, -0.2) is 65.1 Å². The van der Waals surface area contributed by atoms with Gasteiger partial charge in [0.1, 0.15) is 0 Å². The summed E-state index contributed by atoms with van der Waals surface area (Å²) in [5.74, 6) is -3.65. The van der Waals surface area contributed by atoms with Crippen LogP contribution in [0.1, 0.15) is 11.1 Å². The number of carboxylic acids is 2. The highest BCUT2D eigenvalue weighted by Crippen LogP contribution is 2.21. The van der Waals surface area contributed by atoms with Gasteiger partial charge < -0.3 is 20.1 Å². The number of fused-ring (bicyclic) bond motifs is 1. The maximum Gasteiger partial charge on any atom is 0.414 e. The van der Waals surface area contributed by atoms with Gasteiger partial charge in [0.2, 0.25) is 0 Å². The van der Waals surface area contributed by atoms with Crippen LogP contribution in [0, 0.1) is 0 Å². The van der Waals surface area contributed by atoms with E-state index >= 15 is 0 Å². The summed E-state index contributed by atoms with van der Waals surface area (Å²) in [5, 5.41) is 27.5. The van der Waals surface area contributed by atoms with Crippen LogP contribution in [-0.2, 0) is 27.3 Å². The fourth-order valence-corrected chi connectivity index (χ4v) is 3.68. The van der Waals surface area contributed by atoms with Gasteiger partial charge in [0.15, 0.2) is 0 Å². The molecule has 0 bridgehead atoms. The first-order valence-corrected chi connectivity index (χ1v) is 10.7. The Morgan fingerprint density at radius 1 is 0.903 bits per heavy atom. The van der Waals surface area contributed by atoms with Crippen molar-refractivity contribution >= 4 is 33.4 Å². The van der Waals surface area contributed by atoms with Crippen LogP contribution >= 0.6 is 11.3 Å². The Morgan fingerprint density at radius 3 is 2.32 bits per heavy atom. The molecule has 166 valence electrons. The highest BCUT2D eigenvalue weighted by molar-refractivity contribution is 7.17. The third-order valence-electron chi connectivity index (χ3n) is 4.45. The Hall–Kier alpha value is -2.78. The van der Waals surface area contributed by atoms with Crippen molar-refractivity contribution in [1.29, 1.82) is 0 Å². The lowest BCUT2D eigenvalue weighted by molar-refractivity contribution is -0.159. The van der Waals surface area contributed by atoms with Crippen molar-refractivity contribution in [2.75, 3.05) is 32.9 Å². The maximum absolute atomic E-state index is 9.25. The highest BCUT2D eigenvalue weighted by Gasteiger charge is 2.06. The van der Waals surface area contributed by atoms with E-state index < -0.39 is 11.9 Å². The minimum Gasteiger partial charge on any atom is -0.473 e. The van der Waals surface area contributed by atoms with Crippen molar-refractivity contribution in [3.63, 3.8) is 0 Å². The Bertz CT molecular complexity index is 931. The van der Waals surface area contributed by atoms with Gasteiger partial charge in [-0.05, 0) is 40.4 Å². The zero-order chi connectivity index (χ0) is 22.5. The molecule has 0 aliphatic carbocycles. The van der Waals surface area contributed by atoms with E-state index in [0.29, 0.717) is 13.2 Å². The Balaban J connectivity index is 0.000000501. The quantitative estimate of drug-likeness (QED) is 0.325. The van der Waals surface area contributed by atoms with Crippen LogP contribution in [0.5, 0.6) is 0 Å². The second kappa shape index (κ2) is 13.5. The monoisotopic (exact) mass is 445 g/mol. The molecule has 0 spiro atoms. The summed E-state index contributed by atoms with van der Waals surface area (Å²) >= 11 is 1.78. The van der Waals surface area contributed by atoms with Crippen LogP contribution in [0.2, 0.25) is 0 Å². The van der Waals surface area contributed by atoms with Crippen molar-refractivity contribution in [3.05, 3.63) is 71.1 Å². The number of hydrogen-bond donors (Lipinski definition) is 3. The number of carbonyl (C=O) groups is 2. The molecule has 7 nitrogen and oxygen atoms in total. The first-order valence-electron chi connectivity index (χ1n) is 9.87. The fraction of sp³-hybridized carbons (Fsp3) is 0.304. The summed E-state index contributed by atoms with van der Waals surface area (Å²) < 4.78 is 7.16. The molecule has 3 aromatic rings. The third-order valence-corrected chi connectivity index (χ3v) is 5.35. The topological polar surface area (TPSA) is 107 Å². The average molecular weight is 446 g/mol. The van der Waals surface area contributed by atoms with Crippen molar-refractivity contribution in [1.82, 2.24) is 4.90 Å².